The van der Waals surface area contributed by atoms with Gasteiger partial charge in [-0.15, -0.1) is 0 Å². The second kappa shape index (κ2) is 9.80. The second-order valence-corrected chi connectivity index (χ2v) is 10.1. The van der Waals surface area contributed by atoms with Gasteiger partial charge in [-0.2, -0.15) is 8.42 Å². The van der Waals surface area contributed by atoms with Gasteiger partial charge in [0.25, 0.3) is 10.1 Å². The van der Waals surface area contributed by atoms with Crippen molar-refractivity contribution in [3.8, 4) is 0 Å². The average molecular weight is 435 g/mol. The molecule has 0 saturated carbocycles. The molecular weight excluding hydrogens is 404 g/mol. The molecule has 4 aliphatic carbocycles. The van der Waals surface area contributed by atoms with E-state index < -0.39 is 16.2 Å². The predicted molar refractivity (Wildman–Crippen MR) is 125 cm³/mol. The van der Waals surface area contributed by atoms with Crippen molar-refractivity contribution in [3.63, 3.8) is 0 Å². The van der Waals surface area contributed by atoms with Crippen LogP contribution in [-0.4, -0.2) is 8.42 Å². The van der Waals surface area contributed by atoms with Crippen molar-refractivity contribution >= 4 is 10.1 Å². The molecule has 4 aliphatic rings. The van der Waals surface area contributed by atoms with Crippen LogP contribution in [-0.2, 0) is 33.6 Å². The molecule has 0 aliphatic heterocycles. The molecule has 3 aromatic carbocycles. The van der Waals surface area contributed by atoms with Crippen LogP contribution in [0.2, 0.25) is 0 Å². The molecule has 31 heavy (non-hydrogen) atoms. The first-order valence-corrected chi connectivity index (χ1v) is 12.6. The molecule has 0 aromatic heterocycles. The summed E-state index contributed by atoms with van der Waals surface area (Å²) >= 11 is 0. The van der Waals surface area contributed by atoms with Crippen molar-refractivity contribution < 1.29 is 12.6 Å². The average Bonchev–Trinajstić information content (AvgIpc) is 2.77. The molecule has 0 saturated heterocycles. The lowest BCUT2D eigenvalue weighted by molar-refractivity contribution is 0.199. The highest BCUT2D eigenvalue weighted by Gasteiger charge is 2.23. The lowest BCUT2D eigenvalue weighted by atomic mass is 9.97. The summed E-state index contributed by atoms with van der Waals surface area (Å²) < 4.78 is 31.7. The zero-order chi connectivity index (χ0) is 21.7. The Labute approximate surface area is 186 Å². The number of aryl methyl sites for hydroxylation is 4. The van der Waals surface area contributed by atoms with E-state index in [2.05, 4.69) is 36.4 Å². The van der Waals surface area contributed by atoms with Gasteiger partial charge in [0.05, 0.1) is 4.90 Å². The largest absolute Gasteiger partial charge is 0.297 e. The molecule has 1 atom stereocenters. The summed E-state index contributed by atoms with van der Waals surface area (Å²) in [5, 5.41) is 0. The molecule has 0 radical (unpaired) electrons. The van der Waals surface area contributed by atoms with Crippen molar-refractivity contribution in [3.05, 3.63) is 101 Å². The maximum atomic E-state index is 13.0. The Morgan fingerprint density at radius 1 is 0.677 bits per heavy atom. The van der Waals surface area contributed by atoms with Crippen LogP contribution in [0.5, 0.6) is 0 Å². The minimum Gasteiger partial charge on any atom is -0.258 e. The molecular formula is C27H30O3S. The lowest BCUT2D eigenvalue weighted by Gasteiger charge is -2.19. The summed E-state index contributed by atoms with van der Waals surface area (Å²) in [6, 6.07) is 24.0. The minimum atomic E-state index is -3.84. The Balaban J connectivity index is 1.58. The van der Waals surface area contributed by atoms with E-state index in [0.717, 1.165) is 43.2 Å². The first-order chi connectivity index (χ1) is 15.0. The SMILES string of the molecule is Cc1ccc(S(=O)(=O)OC2CCCc3ccc(cc3)CCCCc3ccc2cc3)cc1. The third-order valence-electron chi connectivity index (χ3n) is 6.04. The van der Waals surface area contributed by atoms with E-state index in [1.54, 1.807) is 24.3 Å². The summed E-state index contributed by atoms with van der Waals surface area (Å²) in [7, 11) is -3.84. The maximum Gasteiger partial charge on any atom is 0.297 e. The summed E-state index contributed by atoms with van der Waals surface area (Å²) in [6.07, 6.45) is 6.37. The van der Waals surface area contributed by atoms with E-state index >= 15 is 0 Å². The highest BCUT2D eigenvalue weighted by atomic mass is 32.2. The molecule has 0 heterocycles. The number of hydrogen-bond acceptors (Lipinski definition) is 3. The predicted octanol–water partition coefficient (Wildman–Crippen LogP) is 6.34. The van der Waals surface area contributed by atoms with E-state index in [9.17, 15) is 8.42 Å². The Morgan fingerprint density at radius 3 is 1.71 bits per heavy atom. The Kier molecular flexibility index (Phi) is 6.89. The first kappa shape index (κ1) is 21.8. The van der Waals surface area contributed by atoms with Crippen molar-refractivity contribution in [1.29, 1.82) is 0 Å². The fraction of sp³-hybridized carbons (Fsp3) is 0.333. The Bertz CT molecular complexity index is 1080. The summed E-state index contributed by atoms with van der Waals surface area (Å²) in [5.41, 5.74) is 5.89. The van der Waals surface area contributed by atoms with Crippen LogP contribution in [0.1, 0.15) is 59.6 Å². The van der Waals surface area contributed by atoms with Crippen molar-refractivity contribution in [1.82, 2.24) is 0 Å². The zero-order valence-corrected chi connectivity index (χ0v) is 18.9. The third kappa shape index (κ3) is 5.84. The van der Waals surface area contributed by atoms with E-state index in [1.165, 1.54) is 23.1 Å². The smallest absolute Gasteiger partial charge is 0.258 e. The monoisotopic (exact) mass is 434 g/mol. The molecule has 7 rings (SSSR count). The van der Waals surface area contributed by atoms with Crippen molar-refractivity contribution in [2.24, 2.45) is 0 Å². The first-order valence-electron chi connectivity index (χ1n) is 11.2. The molecule has 0 N–H and O–H groups in total. The fourth-order valence-electron chi connectivity index (χ4n) is 4.11. The van der Waals surface area contributed by atoms with Gasteiger partial charge in [0, 0.05) is 0 Å². The van der Waals surface area contributed by atoms with Gasteiger partial charge in [-0.1, -0.05) is 66.2 Å². The van der Waals surface area contributed by atoms with Crippen LogP contribution in [0.15, 0.2) is 77.7 Å². The maximum absolute atomic E-state index is 13.0. The van der Waals surface area contributed by atoms with E-state index in [0.29, 0.717) is 6.42 Å². The van der Waals surface area contributed by atoms with Crippen LogP contribution < -0.4 is 0 Å². The third-order valence-corrected chi connectivity index (χ3v) is 7.37. The van der Waals surface area contributed by atoms with Crippen LogP contribution in [0, 0.1) is 6.92 Å². The molecule has 4 heteroatoms. The molecule has 0 fully saturated rings. The molecule has 162 valence electrons. The molecule has 4 bridgehead atoms. The number of benzene rings is 3. The van der Waals surface area contributed by atoms with Crippen molar-refractivity contribution in [2.45, 2.75) is 62.9 Å². The van der Waals surface area contributed by atoms with E-state index in [4.69, 9.17) is 4.18 Å². The van der Waals surface area contributed by atoms with Crippen LogP contribution in [0.25, 0.3) is 0 Å². The van der Waals surface area contributed by atoms with Crippen LogP contribution in [0.3, 0.4) is 0 Å². The second-order valence-electron chi connectivity index (χ2n) is 8.51. The van der Waals surface area contributed by atoms with Crippen molar-refractivity contribution in [2.75, 3.05) is 0 Å². The molecule has 3 aromatic rings. The molecule has 0 amide bonds. The van der Waals surface area contributed by atoms with Gasteiger partial charge in [0.2, 0.25) is 0 Å². The lowest BCUT2D eigenvalue weighted by Crippen LogP contribution is -2.13. The van der Waals surface area contributed by atoms with E-state index in [-0.39, 0.29) is 4.90 Å². The van der Waals surface area contributed by atoms with Gasteiger partial charge < -0.3 is 0 Å². The fourth-order valence-corrected chi connectivity index (χ4v) is 5.20. The summed E-state index contributed by atoms with van der Waals surface area (Å²) in [4.78, 5) is 0.206. The van der Waals surface area contributed by atoms with Gasteiger partial charge in [0.1, 0.15) is 6.10 Å². The van der Waals surface area contributed by atoms with Crippen LogP contribution in [0.4, 0.5) is 0 Å². The zero-order valence-electron chi connectivity index (χ0n) is 18.1. The van der Waals surface area contributed by atoms with Crippen LogP contribution >= 0.6 is 0 Å². The highest BCUT2D eigenvalue weighted by Crippen LogP contribution is 2.29. The molecule has 3 nitrogen and oxygen atoms in total. The van der Waals surface area contributed by atoms with Gasteiger partial charge in [0.15, 0.2) is 0 Å². The highest BCUT2D eigenvalue weighted by molar-refractivity contribution is 7.86. The Hall–Kier alpha value is -2.43. The summed E-state index contributed by atoms with van der Waals surface area (Å²) in [6.45, 7) is 1.94. The normalized spacial score (nSPS) is 17.6. The molecule has 1 unspecified atom stereocenters. The Morgan fingerprint density at radius 2 is 1.16 bits per heavy atom. The van der Waals surface area contributed by atoms with E-state index in [1.807, 2.05) is 19.1 Å². The quantitative estimate of drug-likeness (QED) is 0.452. The van der Waals surface area contributed by atoms with Gasteiger partial charge in [-0.05, 0) is 86.3 Å². The topological polar surface area (TPSA) is 43.4 Å². The van der Waals surface area contributed by atoms with Gasteiger partial charge >= 0.3 is 0 Å². The van der Waals surface area contributed by atoms with Gasteiger partial charge in [-0.25, -0.2) is 0 Å². The molecule has 0 spiro atoms. The van der Waals surface area contributed by atoms with Gasteiger partial charge in [-0.3, -0.25) is 4.18 Å². The number of rotatable bonds is 3. The standard InChI is InChI=1S/C27H30O3S/c1-21-9-19-26(20-10-21)31(28,29)30-27-8-4-7-24-13-11-22(12-14-24)5-2-3-6-23-15-17-25(27)18-16-23/h9-20,27H,2-8H2,1H3. The summed E-state index contributed by atoms with van der Waals surface area (Å²) in [5.74, 6) is 0. The minimum absolute atomic E-state index is 0.206. The number of hydrogen-bond donors (Lipinski definition) is 0.